The minimum absolute atomic E-state index is 0.266. The average molecular weight is 370 g/mol. The lowest BCUT2D eigenvalue weighted by molar-refractivity contribution is -0.121. The van der Waals surface area contributed by atoms with Crippen LogP contribution in [0.15, 0.2) is 54.6 Å². The van der Waals surface area contributed by atoms with E-state index in [-0.39, 0.29) is 24.7 Å². The highest BCUT2D eigenvalue weighted by atomic mass is 16.5. The number of carbonyl (C=O) groups is 3. The highest BCUT2D eigenvalue weighted by molar-refractivity contribution is 5.97. The van der Waals surface area contributed by atoms with Crippen molar-refractivity contribution in [3.05, 3.63) is 60.2 Å². The number of benzene rings is 2. The lowest BCUT2D eigenvalue weighted by atomic mass is 10.2. The maximum Gasteiger partial charge on any atom is 0.411 e. The second-order valence-electron chi connectivity index (χ2n) is 5.47. The van der Waals surface area contributed by atoms with Crippen molar-refractivity contribution >= 4 is 29.3 Å². The predicted octanol–water partition coefficient (Wildman–Crippen LogP) is 3.46. The van der Waals surface area contributed by atoms with Gasteiger partial charge in [-0.3, -0.25) is 10.1 Å². The number of amides is 2. The standard InChI is InChI=1S/C20H22N2O5/c1-3-22(17-8-6-5-7-9-17)18(23)14-27-19(24)15-10-12-16(13-11-15)21-20(25)26-4-2/h5-13H,3-4,14H2,1-2H3,(H,21,25). The molecule has 7 nitrogen and oxygen atoms in total. The van der Waals surface area contributed by atoms with Crippen molar-refractivity contribution in [2.24, 2.45) is 0 Å². The highest BCUT2D eigenvalue weighted by Gasteiger charge is 2.16. The van der Waals surface area contributed by atoms with Gasteiger partial charge in [-0.1, -0.05) is 18.2 Å². The molecule has 0 aliphatic carbocycles. The number of hydrogen-bond acceptors (Lipinski definition) is 5. The molecule has 2 amide bonds. The first-order chi connectivity index (χ1) is 13.0. The lowest BCUT2D eigenvalue weighted by Gasteiger charge is -2.20. The van der Waals surface area contributed by atoms with Crippen LogP contribution in [0.3, 0.4) is 0 Å². The Balaban J connectivity index is 1.91. The number of nitrogens with zero attached hydrogens (tertiary/aromatic N) is 1. The van der Waals surface area contributed by atoms with Crippen molar-refractivity contribution in [1.29, 1.82) is 0 Å². The van der Waals surface area contributed by atoms with Crippen LogP contribution in [0.4, 0.5) is 16.2 Å². The number of ether oxygens (including phenoxy) is 2. The van der Waals surface area contributed by atoms with E-state index >= 15 is 0 Å². The number of esters is 1. The van der Waals surface area contributed by atoms with E-state index in [0.29, 0.717) is 12.2 Å². The molecule has 27 heavy (non-hydrogen) atoms. The summed E-state index contributed by atoms with van der Waals surface area (Å²) in [5.74, 6) is -0.923. The summed E-state index contributed by atoms with van der Waals surface area (Å²) >= 11 is 0. The molecule has 2 aromatic rings. The number of likely N-dealkylation sites (N-methyl/N-ethyl adjacent to an activating group) is 1. The molecule has 0 aliphatic heterocycles. The topological polar surface area (TPSA) is 84.9 Å². The Hall–Kier alpha value is -3.35. The SMILES string of the molecule is CCOC(=O)Nc1ccc(C(=O)OCC(=O)N(CC)c2ccccc2)cc1. The fourth-order valence-electron chi connectivity index (χ4n) is 2.37. The van der Waals surface area contributed by atoms with E-state index in [4.69, 9.17) is 9.47 Å². The van der Waals surface area contributed by atoms with E-state index in [2.05, 4.69) is 5.32 Å². The summed E-state index contributed by atoms with van der Waals surface area (Å²) in [6, 6.07) is 15.3. The zero-order valence-corrected chi connectivity index (χ0v) is 15.3. The monoisotopic (exact) mass is 370 g/mol. The van der Waals surface area contributed by atoms with Gasteiger partial charge in [-0.15, -0.1) is 0 Å². The predicted molar refractivity (Wildman–Crippen MR) is 102 cm³/mol. The molecule has 0 heterocycles. The third-order valence-electron chi connectivity index (χ3n) is 3.65. The Morgan fingerprint density at radius 2 is 1.59 bits per heavy atom. The molecule has 0 unspecified atom stereocenters. The lowest BCUT2D eigenvalue weighted by Crippen LogP contribution is -2.34. The van der Waals surface area contributed by atoms with Crippen LogP contribution in [-0.4, -0.2) is 37.7 Å². The quantitative estimate of drug-likeness (QED) is 0.755. The summed E-state index contributed by atoms with van der Waals surface area (Å²) in [5.41, 5.74) is 1.51. The third kappa shape index (κ3) is 5.85. The van der Waals surface area contributed by atoms with Gasteiger partial charge in [-0.25, -0.2) is 9.59 Å². The fourth-order valence-corrected chi connectivity index (χ4v) is 2.37. The Morgan fingerprint density at radius 3 is 2.19 bits per heavy atom. The number of rotatable bonds is 7. The molecule has 0 aromatic heterocycles. The van der Waals surface area contributed by atoms with E-state index in [1.165, 1.54) is 12.1 Å². The van der Waals surface area contributed by atoms with Gasteiger partial charge in [0.05, 0.1) is 12.2 Å². The van der Waals surface area contributed by atoms with Crippen molar-refractivity contribution in [2.75, 3.05) is 30.0 Å². The van der Waals surface area contributed by atoms with Gasteiger partial charge in [-0.05, 0) is 50.2 Å². The molecular formula is C20H22N2O5. The number of hydrogen-bond donors (Lipinski definition) is 1. The van der Waals surface area contributed by atoms with E-state index < -0.39 is 12.1 Å². The summed E-state index contributed by atoms with van der Waals surface area (Å²) in [6.07, 6.45) is -0.570. The number of carbonyl (C=O) groups excluding carboxylic acids is 3. The van der Waals surface area contributed by atoms with Gasteiger partial charge in [0.2, 0.25) is 0 Å². The Kier molecular flexibility index (Phi) is 7.37. The van der Waals surface area contributed by atoms with Crippen LogP contribution in [0.5, 0.6) is 0 Å². The highest BCUT2D eigenvalue weighted by Crippen LogP contribution is 2.14. The fraction of sp³-hybridized carbons (Fsp3) is 0.250. The first-order valence-corrected chi connectivity index (χ1v) is 8.61. The minimum Gasteiger partial charge on any atom is -0.452 e. The van der Waals surface area contributed by atoms with Gasteiger partial charge >= 0.3 is 12.1 Å². The van der Waals surface area contributed by atoms with E-state index in [0.717, 1.165) is 5.69 Å². The molecule has 1 N–H and O–H groups in total. The van der Waals surface area contributed by atoms with Crippen molar-refractivity contribution in [2.45, 2.75) is 13.8 Å². The van der Waals surface area contributed by atoms with Gasteiger partial charge in [0.1, 0.15) is 0 Å². The van der Waals surface area contributed by atoms with Crippen molar-refractivity contribution in [3.63, 3.8) is 0 Å². The van der Waals surface area contributed by atoms with Crippen LogP contribution >= 0.6 is 0 Å². The zero-order chi connectivity index (χ0) is 19.6. The second-order valence-corrected chi connectivity index (χ2v) is 5.47. The summed E-state index contributed by atoms with van der Waals surface area (Å²) in [4.78, 5) is 37.4. The number of anilines is 2. The van der Waals surface area contributed by atoms with Crippen LogP contribution in [0.2, 0.25) is 0 Å². The van der Waals surface area contributed by atoms with E-state index in [1.807, 2.05) is 37.3 Å². The molecule has 0 spiro atoms. The molecule has 0 fully saturated rings. The number of nitrogens with one attached hydrogen (secondary N) is 1. The Labute approximate surface area is 157 Å². The van der Waals surface area contributed by atoms with Crippen LogP contribution < -0.4 is 10.2 Å². The summed E-state index contributed by atoms with van der Waals surface area (Å²) in [5, 5.41) is 2.53. The average Bonchev–Trinajstić information content (AvgIpc) is 2.68. The Morgan fingerprint density at radius 1 is 0.926 bits per heavy atom. The van der Waals surface area contributed by atoms with Gasteiger partial charge in [-0.2, -0.15) is 0 Å². The summed E-state index contributed by atoms with van der Waals surface area (Å²) < 4.78 is 9.89. The van der Waals surface area contributed by atoms with Crippen LogP contribution in [0.25, 0.3) is 0 Å². The maximum absolute atomic E-state index is 12.3. The molecule has 0 aliphatic rings. The van der Waals surface area contributed by atoms with Crippen LogP contribution in [0, 0.1) is 0 Å². The summed E-state index contributed by atoms with van der Waals surface area (Å²) in [7, 11) is 0. The molecule has 7 heteroatoms. The van der Waals surface area contributed by atoms with Gasteiger partial charge < -0.3 is 14.4 Å². The molecule has 0 saturated heterocycles. The zero-order valence-electron chi connectivity index (χ0n) is 15.3. The first-order valence-electron chi connectivity index (χ1n) is 8.61. The maximum atomic E-state index is 12.3. The summed E-state index contributed by atoms with van der Waals surface area (Å²) in [6.45, 7) is 3.93. The van der Waals surface area contributed by atoms with Gasteiger partial charge in [0.25, 0.3) is 5.91 Å². The largest absolute Gasteiger partial charge is 0.452 e. The van der Waals surface area contributed by atoms with Crippen molar-refractivity contribution in [1.82, 2.24) is 0 Å². The smallest absolute Gasteiger partial charge is 0.411 e. The minimum atomic E-state index is -0.616. The van der Waals surface area contributed by atoms with Crippen LogP contribution in [0.1, 0.15) is 24.2 Å². The van der Waals surface area contributed by atoms with Crippen molar-refractivity contribution < 1.29 is 23.9 Å². The van der Waals surface area contributed by atoms with E-state index in [9.17, 15) is 14.4 Å². The molecule has 2 aromatic carbocycles. The van der Waals surface area contributed by atoms with Crippen LogP contribution in [-0.2, 0) is 14.3 Å². The Bertz CT molecular complexity index is 775. The molecule has 0 radical (unpaired) electrons. The molecule has 0 atom stereocenters. The second kappa shape index (κ2) is 9.96. The number of para-hydroxylation sites is 1. The molecule has 0 saturated carbocycles. The first kappa shape index (κ1) is 20.0. The normalized spacial score (nSPS) is 10.0. The molecule has 142 valence electrons. The van der Waals surface area contributed by atoms with Gasteiger partial charge in [0, 0.05) is 17.9 Å². The molecular weight excluding hydrogens is 348 g/mol. The van der Waals surface area contributed by atoms with Gasteiger partial charge in [0.15, 0.2) is 6.61 Å². The molecule has 0 bridgehead atoms. The van der Waals surface area contributed by atoms with Crippen molar-refractivity contribution in [3.8, 4) is 0 Å². The van der Waals surface area contributed by atoms with E-state index in [1.54, 1.807) is 24.0 Å². The molecule has 2 rings (SSSR count). The third-order valence-corrected chi connectivity index (χ3v) is 3.65.